The molecule has 0 fully saturated rings. The van der Waals surface area contributed by atoms with E-state index in [-0.39, 0.29) is 5.56 Å². The lowest BCUT2D eigenvalue weighted by molar-refractivity contribution is 0.102. The Balaban J connectivity index is 1.75. The number of carbonyl (C=O) groups is 1. The van der Waals surface area contributed by atoms with E-state index in [0.29, 0.717) is 5.69 Å². The first-order chi connectivity index (χ1) is 10.2. The van der Waals surface area contributed by atoms with Gasteiger partial charge in [0.05, 0.1) is 17.5 Å². The molecule has 0 radical (unpaired) electrons. The second-order valence-corrected chi connectivity index (χ2v) is 4.39. The van der Waals surface area contributed by atoms with Crippen molar-refractivity contribution in [2.24, 2.45) is 0 Å². The van der Waals surface area contributed by atoms with Crippen LogP contribution in [0.2, 0.25) is 0 Å². The van der Waals surface area contributed by atoms with Gasteiger partial charge in [0.2, 0.25) is 0 Å². The quantitative estimate of drug-likeness (QED) is 0.776. The summed E-state index contributed by atoms with van der Waals surface area (Å²) in [5.41, 5.74) is 2.64. The van der Waals surface area contributed by atoms with E-state index in [1.807, 2.05) is 18.2 Å². The highest BCUT2D eigenvalue weighted by atomic mass is 19.1. The third-order valence-corrected chi connectivity index (χ3v) is 2.92. The van der Waals surface area contributed by atoms with Crippen molar-refractivity contribution in [2.75, 3.05) is 5.32 Å². The summed E-state index contributed by atoms with van der Waals surface area (Å²) in [6.07, 6.45) is 4.04. The van der Waals surface area contributed by atoms with Gasteiger partial charge in [0.15, 0.2) is 0 Å². The fourth-order valence-electron chi connectivity index (χ4n) is 1.89. The molecule has 1 aromatic carbocycles. The lowest BCUT2D eigenvalue weighted by Crippen LogP contribution is -2.12. The molecule has 6 heteroatoms. The number of aromatic nitrogens is 3. The Hall–Kier alpha value is -3.02. The molecule has 2 heterocycles. The molecule has 2 N–H and O–H groups in total. The van der Waals surface area contributed by atoms with Crippen LogP contribution in [-0.4, -0.2) is 21.1 Å². The Labute approximate surface area is 119 Å². The number of anilines is 1. The Morgan fingerprint density at radius 3 is 2.62 bits per heavy atom. The van der Waals surface area contributed by atoms with Gasteiger partial charge in [-0.15, -0.1) is 0 Å². The molecule has 21 heavy (non-hydrogen) atoms. The van der Waals surface area contributed by atoms with E-state index in [4.69, 9.17) is 0 Å². The molecule has 3 aromatic rings. The molecule has 0 aliphatic rings. The monoisotopic (exact) mass is 282 g/mol. The van der Waals surface area contributed by atoms with Crippen LogP contribution < -0.4 is 5.32 Å². The zero-order chi connectivity index (χ0) is 14.7. The number of aromatic amines is 1. The van der Waals surface area contributed by atoms with Crippen LogP contribution in [0.4, 0.5) is 10.1 Å². The van der Waals surface area contributed by atoms with Gasteiger partial charge < -0.3 is 5.32 Å². The molecule has 0 unspecified atom stereocenters. The molecular weight excluding hydrogens is 271 g/mol. The molecule has 0 bridgehead atoms. The zero-order valence-corrected chi connectivity index (χ0v) is 10.9. The van der Waals surface area contributed by atoms with Crippen molar-refractivity contribution in [3.63, 3.8) is 0 Å². The second-order valence-electron chi connectivity index (χ2n) is 4.39. The Morgan fingerprint density at radius 2 is 1.95 bits per heavy atom. The van der Waals surface area contributed by atoms with Crippen molar-refractivity contribution >= 4 is 11.6 Å². The maximum absolute atomic E-state index is 13.0. The lowest BCUT2D eigenvalue weighted by atomic mass is 10.1. The minimum Gasteiger partial charge on any atom is -0.322 e. The number of benzene rings is 1. The maximum atomic E-state index is 13.0. The Morgan fingerprint density at radius 1 is 1.14 bits per heavy atom. The molecule has 1 amide bonds. The summed E-state index contributed by atoms with van der Waals surface area (Å²) in [4.78, 5) is 15.6. The number of hydrogen-bond acceptors (Lipinski definition) is 3. The van der Waals surface area contributed by atoms with Crippen LogP contribution in [0.1, 0.15) is 10.4 Å². The number of amides is 1. The van der Waals surface area contributed by atoms with E-state index in [1.54, 1.807) is 18.3 Å². The van der Waals surface area contributed by atoms with Gasteiger partial charge in [-0.3, -0.25) is 14.9 Å². The molecule has 0 spiro atoms. The highest BCUT2D eigenvalue weighted by molar-refractivity contribution is 6.04. The minimum absolute atomic E-state index is 0.174. The van der Waals surface area contributed by atoms with Crippen LogP contribution in [-0.2, 0) is 0 Å². The van der Waals surface area contributed by atoms with Crippen LogP contribution in [0.3, 0.4) is 0 Å². The fourth-order valence-corrected chi connectivity index (χ4v) is 1.89. The standard InChI is InChI=1S/C15H11FN4O/c16-12-7-11(8-17-9-12)15(21)19-13-3-1-10(2-4-13)14-5-6-18-20-14/h1-9H,(H,18,20)(H,19,21). The van der Waals surface area contributed by atoms with Gasteiger partial charge in [0.1, 0.15) is 5.82 Å². The first kappa shape index (κ1) is 13.0. The summed E-state index contributed by atoms with van der Waals surface area (Å²) >= 11 is 0. The average molecular weight is 282 g/mol. The summed E-state index contributed by atoms with van der Waals surface area (Å²) in [5, 5.41) is 9.43. The van der Waals surface area contributed by atoms with Crippen LogP contribution in [0.15, 0.2) is 55.0 Å². The number of carbonyl (C=O) groups excluding carboxylic acids is 1. The van der Waals surface area contributed by atoms with Crippen molar-refractivity contribution < 1.29 is 9.18 Å². The molecular formula is C15H11FN4O. The third-order valence-electron chi connectivity index (χ3n) is 2.92. The molecule has 2 aromatic heterocycles. The largest absolute Gasteiger partial charge is 0.322 e. The second kappa shape index (κ2) is 5.54. The van der Waals surface area contributed by atoms with Crippen LogP contribution in [0, 0.1) is 5.82 Å². The molecule has 3 rings (SSSR count). The van der Waals surface area contributed by atoms with E-state index in [1.165, 1.54) is 6.20 Å². The minimum atomic E-state index is -0.544. The van der Waals surface area contributed by atoms with Crippen molar-refractivity contribution in [3.05, 3.63) is 66.4 Å². The van der Waals surface area contributed by atoms with E-state index < -0.39 is 11.7 Å². The highest BCUT2D eigenvalue weighted by Crippen LogP contribution is 2.19. The van der Waals surface area contributed by atoms with E-state index in [9.17, 15) is 9.18 Å². The summed E-state index contributed by atoms with van der Waals surface area (Å²) in [6, 6.07) is 10.2. The smallest absolute Gasteiger partial charge is 0.257 e. The first-order valence-electron chi connectivity index (χ1n) is 6.24. The number of nitrogens with zero attached hydrogens (tertiary/aromatic N) is 2. The predicted octanol–water partition coefficient (Wildman–Crippen LogP) is 2.86. The van der Waals surface area contributed by atoms with Gasteiger partial charge in [-0.1, -0.05) is 12.1 Å². The third kappa shape index (κ3) is 2.94. The number of pyridine rings is 1. The molecule has 0 aliphatic carbocycles. The van der Waals surface area contributed by atoms with E-state index in [2.05, 4.69) is 20.5 Å². The molecule has 0 atom stereocenters. The van der Waals surface area contributed by atoms with E-state index >= 15 is 0 Å². The van der Waals surface area contributed by atoms with Crippen LogP contribution in [0.25, 0.3) is 11.3 Å². The molecule has 0 aliphatic heterocycles. The van der Waals surface area contributed by atoms with Crippen LogP contribution >= 0.6 is 0 Å². The zero-order valence-electron chi connectivity index (χ0n) is 10.9. The van der Waals surface area contributed by atoms with Crippen molar-refractivity contribution in [2.45, 2.75) is 0 Å². The first-order valence-corrected chi connectivity index (χ1v) is 6.24. The molecule has 0 saturated heterocycles. The van der Waals surface area contributed by atoms with Gasteiger partial charge in [-0.25, -0.2) is 4.39 Å². The molecule has 0 saturated carbocycles. The van der Waals surface area contributed by atoms with Gasteiger partial charge in [0.25, 0.3) is 5.91 Å². The Bertz CT molecular complexity index is 754. The number of halogens is 1. The lowest BCUT2D eigenvalue weighted by Gasteiger charge is -2.06. The van der Waals surface area contributed by atoms with Gasteiger partial charge >= 0.3 is 0 Å². The van der Waals surface area contributed by atoms with Gasteiger partial charge in [-0.2, -0.15) is 5.10 Å². The average Bonchev–Trinajstić information content (AvgIpc) is 3.02. The Kier molecular flexibility index (Phi) is 3.42. The number of H-pyrrole nitrogens is 1. The topological polar surface area (TPSA) is 70.7 Å². The van der Waals surface area contributed by atoms with E-state index in [0.717, 1.165) is 23.5 Å². The summed E-state index contributed by atoms with van der Waals surface area (Å²) in [5.74, 6) is -0.950. The molecule has 104 valence electrons. The predicted molar refractivity (Wildman–Crippen MR) is 76.2 cm³/mol. The maximum Gasteiger partial charge on any atom is 0.257 e. The van der Waals surface area contributed by atoms with Crippen molar-refractivity contribution in [1.29, 1.82) is 0 Å². The van der Waals surface area contributed by atoms with Gasteiger partial charge in [-0.05, 0) is 29.8 Å². The highest BCUT2D eigenvalue weighted by Gasteiger charge is 2.08. The van der Waals surface area contributed by atoms with Gasteiger partial charge in [0, 0.05) is 18.1 Å². The normalized spacial score (nSPS) is 10.3. The van der Waals surface area contributed by atoms with Crippen molar-refractivity contribution in [3.8, 4) is 11.3 Å². The summed E-state index contributed by atoms with van der Waals surface area (Å²) in [6.45, 7) is 0. The van der Waals surface area contributed by atoms with Crippen LogP contribution in [0.5, 0.6) is 0 Å². The van der Waals surface area contributed by atoms with Crippen molar-refractivity contribution in [1.82, 2.24) is 15.2 Å². The summed E-state index contributed by atoms with van der Waals surface area (Å²) < 4.78 is 13.0. The fraction of sp³-hybridized carbons (Fsp3) is 0. The SMILES string of the molecule is O=C(Nc1ccc(-c2ccn[nH]2)cc1)c1cncc(F)c1. The number of hydrogen-bond donors (Lipinski definition) is 2. The number of nitrogens with one attached hydrogen (secondary N) is 2. The molecule has 5 nitrogen and oxygen atoms in total. The number of rotatable bonds is 3. The summed E-state index contributed by atoms with van der Waals surface area (Å²) in [7, 11) is 0.